The van der Waals surface area contributed by atoms with E-state index in [2.05, 4.69) is 4.98 Å². The summed E-state index contributed by atoms with van der Waals surface area (Å²) in [5, 5.41) is 9.25. The molecule has 0 bridgehead atoms. The topological polar surface area (TPSA) is 79.5 Å². The number of likely N-dealkylation sites (tertiary alicyclic amines) is 1. The van der Waals surface area contributed by atoms with Crippen molar-refractivity contribution in [1.82, 2.24) is 9.88 Å². The number of pyridine rings is 1. The molecule has 0 radical (unpaired) electrons. The molecule has 1 aromatic heterocycles. The maximum absolute atomic E-state index is 12.1. The number of carbonyl (C=O) groups excluding carboxylic acids is 1. The number of aromatic nitrogens is 1. The van der Waals surface area contributed by atoms with E-state index in [1.807, 2.05) is 0 Å². The fourth-order valence-electron chi connectivity index (χ4n) is 1.99. The summed E-state index contributed by atoms with van der Waals surface area (Å²) in [5.74, 6) is 0.296. The SMILES string of the molecule is Nc1cc(C(=O)N2CCC(CO)C2)cc(Cl)n1. The standard InChI is InChI=1S/C11H14ClN3O2/c12-9-3-8(4-10(13)14-9)11(17)15-2-1-7(5-15)6-16/h3-4,7,16H,1-2,5-6H2,(H2,13,14). The number of nitrogen functional groups attached to an aromatic ring is 1. The highest BCUT2D eigenvalue weighted by atomic mass is 35.5. The third kappa shape index (κ3) is 2.68. The average Bonchev–Trinajstić information content (AvgIpc) is 2.75. The third-order valence-electron chi connectivity index (χ3n) is 2.89. The van der Waals surface area contributed by atoms with E-state index in [9.17, 15) is 4.79 Å². The summed E-state index contributed by atoms with van der Waals surface area (Å²) in [6.45, 7) is 1.35. The summed E-state index contributed by atoms with van der Waals surface area (Å²) in [6, 6.07) is 3.02. The van der Waals surface area contributed by atoms with Gasteiger partial charge in [-0.3, -0.25) is 4.79 Å². The quantitative estimate of drug-likeness (QED) is 0.765. The number of halogens is 1. The maximum Gasteiger partial charge on any atom is 0.254 e. The van der Waals surface area contributed by atoms with Crippen LogP contribution in [0.25, 0.3) is 0 Å². The van der Waals surface area contributed by atoms with Crippen LogP contribution in [-0.4, -0.2) is 40.6 Å². The zero-order valence-corrected chi connectivity index (χ0v) is 10.0. The molecule has 0 saturated carbocycles. The van der Waals surface area contributed by atoms with E-state index in [0.717, 1.165) is 6.42 Å². The van der Waals surface area contributed by atoms with Gasteiger partial charge in [-0.1, -0.05) is 11.6 Å². The lowest BCUT2D eigenvalue weighted by molar-refractivity contribution is 0.0782. The molecular formula is C11H14ClN3O2. The minimum atomic E-state index is -0.114. The first-order valence-corrected chi connectivity index (χ1v) is 5.81. The Kier molecular flexibility index (Phi) is 3.49. The number of rotatable bonds is 2. The Balaban J connectivity index is 2.14. The van der Waals surface area contributed by atoms with Crippen LogP contribution in [0, 0.1) is 5.92 Å². The summed E-state index contributed by atoms with van der Waals surface area (Å²) >= 11 is 5.75. The van der Waals surface area contributed by atoms with Crippen LogP contribution < -0.4 is 5.73 Å². The molecule has 1 aliphatic heterocycles. The molecule has 0 aliphatic carbocycles. The van der Waals surface area contributed by atoms with Crippen molar-refractivity contribution in [1.29, 1.82) is 0 Å². The smallest absolute Gasteiger partial charge is 0.254 e. The molecule has 6 heteroatoms. The molecule has 2 heterocycles. The number of hydrogen-bond donors (Lipinski definition) is 2. The van der Waals surface area contributed by atoms with Crippen molar-refractivity contribution in [3.8, 4) is 0 Å². The Morgan fingerprint density at radius 3 is 3.00 bits per heavy atom. The maximum atomic E-state index is 12.1. The molecule has 1 saturated heterocycles. The zero-order valence-electron chi connectivity index (χ0n) is 9.27. The lowest BCUT2D eigenvalue weighted by Gasteiger charge is -2.16. The number of aliphatic hydroxyl groups is 1. The number of carbonyl (C=O) groups is 1. The molecule has 92 valence electrons. The molecular weight excluding hydrogens is 242 g/mol. The van der Waals surface area contributed by atoms with Gasteiger partial charge in [0.25, 0.3) is 5.91 Å². The van der Waals surface area contributed by atoms with Crippen molar-refractivity contribution >= 4 is 23.3 Å². The number of amides is 1. The molecule has 5 nitrogen and oxygen atoms in total. The number of nitrogens with zero attached hydrogens (tertiary/aromatic N) is 2. The second kappa shape index (κ2) is 4.89. The first-order valence-electron chi connectivity index (χ1n) is 5.43. The van der Waals surface area contributed by atoms with Gasteiger partial charge in [0.05, 0.1) is 0 Å². The fourth-order valence-corrected chi connectivity index (χ4v) is 2.20. The van der Waals surface area contributed by atoms with Crippen molar-refractivity contribution < 1.29 is 9.90 Å². The van der Waals surface area contributed by atoms with E-state index in [-0.39, 0.29) is 29.4 Å². The fraction of sp³-hybridized carbons (Fsp3) is 0.455. The second-order valence-electron chi connectivity index (χ2n) is 4.19. The lowest BCUT2D eigenvalue weighted by Crippen LogP contribution is -2.29. The molecule has 3 N–H and O–H groups in total. The molecule has 1 aromatic rings. The number of hydrogen-bond acceptors (Lipinski definition) is 4. The second-order valence-corrected chi connectivity index (χ2v) is 4.58. The van der Waals surface area contributed by atoms with Crippen LogP contribution >= 0.6 is 11.6 Å². The van der Waals surface area contributed by atoms with Gasteiger partial charge in [-0.25, -0.2) is 4.98 Å². The van der Waals surface area contributed by atoms with E-state index in [1.165, 1.54) is 12.1 Å². The van der Waals surface area contributed by atoms with E-state index >= 15 is 0 Å². The van der Waals surface area contributed by atoms with Crippen LogP contribution in [0.5, 0.6) is 0 Å². The first-order chi connectivity index (χ1) is 8.10. The monoisotopic (exact) mass is 255 g/mol. The predicted molar refractivity (Wildman–Crippen MR) is 64.8 cm³/mol. The van der Waals surface area contributed by atoms with Crippen molar-refractivity contribution in [2.45, 2.75) is 6.42 Å². The van der Waals surface area contributed by atoms with Crippen molar-refractivity contribution in [3.05, 3.63) is 22.8 Å². The Labute approximate surface area is 104 Å². The first kappa shape index (κ1) is 12.1. The van der Waals surface area contributed by atoms with Gasteiger partial charge in [0.15, 0.2) is 0 Å². The Morgan fingerprint density at radius 1 is 1.65 bits per heavy atom. The van der Waals surface area contributed by atoms with Gasteiger partial charge in [-0.15, -0.1) is 0 Å². The molecule has 1 fully saturated rings. The third-order valence-corrected chi connectivity index (χ3v) is 3.09. The molecule has 17 heavy (non-hydrogen) atoms. The summed E-state index contributed by atoms with van der Waals surface area (Å²) in [5.41, 5.74) is 5.99. The molecule has 1 aliphatic rings. The molecule has 2 rings (SSSR count). The van der Waals surface area contributed by atoms with Crippen LogP contribution in [0.15, 0.2) is 12.1 Å². The highest BCUT2D eigenvalue weighted by molar-refractivity contribution is 6.29. The number of anilines is 1. The summed E-state index contributed by atoms with van der Waals surface area (Å²) in [6.07, 6.45) is 0.830. The largest absolute Gasteiger partial charge is 0.396 e. The van der Waals surface area contributed by atoms with Crippen molar-refractivity contribution in [3.63, 3.8) is 0 Å². The predicted octanol–water partition coefficient (Wildman–Crippen LogP) is 0.772. The van der Waals surface area contributed by atoms with Gasteiger partial charge in [-0.2, -0.15) is 0 Å². The Hall–Kier alpha value is -1.33. The number of aliphatic hydroxyl groups excluding tert-OH is 1. The van der Waals surface area contributed by atoms with Gasteiger partial charge in [-0.05, 0) is 18.6 Å². The minimum Gasteiger partial charge on any atom is -0.396 e. The molecule has 0 aromatic carbocycles. The summed E-state index contributed by atoms with van der Waals surface area (Å²) in [4.78, 5) is 17.6. The van der Waals surface area contributed by atoms with Gasteiger partial charge in [0.2, 0.25) is 0 Å². The Bertz CT molecular complexity index is 418. The highest BCUT2D eigenvalue weighted by Crippen LogP contribution is 2.20. The summed E-state index contributed by atoms with van der Waals surface area (Å²) in [7, 11) is 0. The van der Waals surface area contributed by atoms with E-state index in [1.54, 1.807) is 4.90 Å². The number of nitrogens with two attached hydrogens (primary N) is 1. The van der Waals surface area contributed by atoms with Crippen LogP contribution in [0.3, 0.4) is 0 Å². The van der Waals surface area contributed by atoms with Crippen LogP contribution in [0.4, 0.5) is 5.82 Å². The lowest BCUT2D eigenvalue weighted by atomic mass is 10.1. The molecule has 1 atom stereocenters. The van der Waals surface area contributed by atoms with Gasteiger partial charge in [0.1, 0.15) is 11.0 Å². The van der Waals surface area contributed by atoms with E-state index in [0.29, 0.717) is 18.7 Å². The van der Waals surface area contributed by atoms with Gasteiger partial charge < -0.3 is 15.7 Å². The highest BCUT2D eigenvalue weighted by Gasteiger charge is 2.26. The minimum absolute atomic E-state index is 0.114. The van der Waals surface area contributed by atoms with Crippen molar-refractivity contribution in [2.24, 2.45) is 5.92 Å². The zero-order chi connectivity index (χ0) is 12.4. The van der Waals surface area contributed by atoms with E-state index in [4.69, 9.17) is 22.4 Å². The average molecular weight is 256 g/mol. The van der Waals surface area contributed by atoms with Crippen molar-refractivity contribution in [2.75, 3.05) is 25.4 Å². The molecule has 1 unspecified atom stereocenters. The molecule has 1 amide bonds. The normalized spacial score (nSPS) is 19.6. The van der Waals surface area contributed by atoms with Crippen LogP contribution in [0.1, 0.15) is 16.8 Å². The van der Waals surface area contributed by atoms with Gasteiger partial charge >= 0.3 is 0 Å². The van der Waals surface area contributed by atoms with Gasteiger partial charge in [0, 0.05) is 31.2 Å². The van der Waals surface area contributed by atoms with Crippen LogP contribution in [0.2, 0.25) is 5.15 Å². The molecule has 0 spiro atoms. The van der Waals surface area contributed by atoms with Crippen LogP contribution in [-0.2, 0) is 0 Å². The Morgan fingerprint density at radius 2 is 2.41 bits per heavy atom. The summed E-state index contributed by atoms with van der Waals surface area (Å²) < 4.78 is 0. The van der Waals surface area contributed by atoms with E-state index < -0.39 is 0 Å².